The molecule has 1 aromatic carbocycles. The maximum atomic E-state index is 12.0. The van der Waals surface area contributed by atoms with Gasteiger partial charge in [-0.1, -0.05) is 26.0 Å². The molecule has 2 rings (SSSR count). The highest BCUT2D eigenvalue weighted by Crippen LogP contribution is 2.17. The number of nitrogens with one attached hydrogen (secondary N) is 1. The van der Waals surface area contributed by atoms with Gasteiger partial charge in [0.15, 0.2) is 0 Å². The first-order valence-corrected chi connectivity index (χ1v) is 7.40. The van der Waals surface area contributed by atoms with Gasteiger partial charge in [0, 0.05) is 10.9 Å². The van der Waals surface area contributed by atoms with Gasteiger partial charge in [-0.25, -0.2) is 4.98 Å². The lowest BCUT2D eigenvalue weighted by Gasteiger charge is -2.04. The van der Waals surface area contributed by atoms with Gasteiger partial charge in [0.25, 0.3) is 5.91 Å². The van der Waals surface area contributed by atoms with Crippen LogP contribution in [0.15, 0.2) is 29.6 Å². The van der Waals surface area contributed by atoms with Gasteiger partial charge >= 0.3 is 0 Å². The Balaban J connectivity index is 1.97. The molecule has 0 bridgehead atoms. The van der Waals surface area contributed by atoms with Crippen molar-refractivity contribution in [3.8, 4) is 0 Å². The molecule has 2 aromatic rings. The highest BCUT2D eigenvalue weighted by Gasteiger charge is 2.09. The van der Waals surface area contributed by atoms with E-state index in [1.54, 1.807) is 35.6 Å². The fourth-order valence-corrected chi connectivity index (χ4v) is 2.64. The zero-order chi connectivity index (χ0) is 14.5. The molecule has 1 amide bonds. The highest BCUT2D eigenvalue weighted by molar-refractivity contribution is 7.09. The second-order valence-corrected chi connectivity index (χ2v) is 5.80. The minimum absolute atomic E-state index is 0.0641. The fraction of sp³-hybridized carbons (Fsp3) is 0.333. The number of rotatable bonds is 5. The molecule has 0 radical (unpaired) electrons. The van der Waals surface area contributed by atoms with Gasteiger partial charge in [-0.05, 0) is 23.6 Å². The molecule has 0 saturated carbocycles. The monoisotopic (exact) mass is 290 g/mol. The summed E-state index contributed by atoms with van der Waals surface area (Å²) in [5.74, 6) is 0.249. The first-order valence-electron chi connectivity index (χ1n) is 6.52. The Morgan fingerprint density at radius 1 is 1.45 bits per heavy atom. The van der Waals surface area contributed by atoms with E-state index in [0.717, 1.165) is 16.3 Å². The van der Waals surface area contributed by atoms with Gasteiger partial charge < -0.3 is 10.4 Å². The standard InChI is InChI=1S/C15H18N2O2S/c1-10(2)13-9-20-14(17-13)7-16-15(19)12-5-3-4-11(6-12)8-18/h3-6,9-10,18H,7-8H2,1-2H3,(H,16,19). The van der Waals surface area contributed by atoms with Crippen LogP contribution in [0.25, 0.3) is 0 Å². The zero-order valence-electron chi connectivity index (χ0n) is 11.6. The summed E-state index contributed by atoms with van der Waals surface area (Å²) in [6, 6.07) is 6.97. The summed E-state index contributed by atoms with van der Waals surface area (Å²) in [5, 5.41) is 14.8. The lowest BCUT2D eigenvalue weighted by Crippen LogP contribution is -2.22. The van der Waals surface area contributed by atoms with Crippen molar-refractivity contribution in [3.05, 3.63) is 51.5 Å². The summed E-state index contributed by atoms with van der Waals surface area (Å²) in [4.78, 5) is 16.5. The molecule has 1 heterocycles. The smallest absolute Gasteiger partial charge is 0.251 e. The molecule has 0 spiro atoms. The van der Waals surface area contributed by atoms with Crippen LogP contribution in [-0.2, 0) is 13.2 Å². The van der Waals surface area contributed by atoms with Crippen LogP contribution in [0, 0.1) is 0 Å². The van der Waals surface area contributed by atoms with E-state index in [1.807, 2.05) is 5.38 Å². The van der Waals surface area contributed by atoms with E-state index < -0.39 is 0 Å². The van der Waals surface area contributed by atoms with Gasteiger partial charge in [0.05, 0.1) is 18.8 Å². The summed E-state index contributed by atoms with van der Waals surface area (Å²) < 4.78 is 0. The molecule has 106 valence electrons. The van der Waals surface area contributed by atoms with Crippen molar-refractivity contribution in [1.82, 2.24) is 10.3 Å². The van der Waals surface area contributed by atoms with Crippen molar-refractivity contribution < 1.29 is 9.90 Å². The predicted molar refractivity (Wildman–Crippen MR) is 79.7 cm³/mol. The van der Waals surface area contributed by atoms with Crippen molar-refractivity contribution in [1.29, 1.82) is 0 Å². The molecule has 0 fully saturated rings. The van der Waals surface area contributed by atoms with Gasteiger partial charge in [-0.15, -0.1) is 11.3 Å². The average Bonchev–Trinajstić information content (AvgIpc) is 2.94. The molecule has 0 aliphatic heterocycles. The van der Waals surface area contributed by atoms with Crippen molar-refractivity contribution >= 4 is 17.2 Å². The molecule has 4 nitrogen and oxygen atoms in total. The molecule has 5 heteroatoms. The van der Waals surface area contributed by atoms with E-state index >= 15 is 0 Å². The number of aromatic nitrogens is 1. The zero-order valence-corrected chi connectivity index (χ0v) is 12.4. The van der Waals surface area contributed by atoms with E-state index in [9.17, 15) is 4.79 Å². The highest BCUT2D eigenvalue weighted by atomic mass is 32.1. The largest absolute Gasteiger partial charge is 0.392 e. The lowest BCUT2D eigenvalue weighted by molar-refractivity contribution is 0.0950. The third-order valence-electron chi connectivity index (χ3n) is 2.93. The van der Waals surface area contributed by atoms with Crippen LogP contribution in [0.4, 0.5) is 0 Å². The average molecular weight is 290 g/mol. The van der Waals surface area contributed by atoms with Gasteiger partial charge in [0.1, 0.15) is 5.01 Å². The Morgan fingerprint density at radius 2 is 2.25 bits per heavy atom. The van der Waals surface area contributed by atoms with E-state index in [1.165, 1.54) is 0 Å². The molecule has 0 aliphatic rings. The Bertz CT molecular complexity index is 593. The third-order valence-corrected chi connectivity index (χ3v) is 3.80. The molecule has 0 saturated heterocycles. The fourth-order valence-electron chi connectivity index (χ4n) is 1.74. The summed E-state index contributed by atoms with van der Waals surface area (Å²) in [7, 11) is 0. The van der Waals surface area contributed by atoms with Crippen LogP contribution in [0.3, 0.4) is 0 Å². The van der Waals surface area contributed by atoms with Crippen LogP contribution in [-0.4, -0.2) is 16.0 Å². The minimum Gasteiger partial charge on any atom is -0.392 e. The van der Waals surface area contributed by atoms with Crippen LogP contribution >= 0.6 is 11.3 Å². The summed E-state index contributed by atoms with van der Waals surface area (Å²) in [6.45, 7) is 4.56. The van der Waals surface area contributed by atoms with Crippen molar-refractivity contribution in [2.24, 2.45) is 0 Å². The second-order valence-electron chi connectivity index (χ2n) is 4.86. The maximum absolute atomic E-state index is 12.0. The van der Waals surface area contributed by atoms with E-state index in [2.05, 4.69) is 24.1 Å². The second kappa shape index (κ2) is 6.63. The molecule has 0 unspecified atom stereocenters. The third kappa shape index (κ3) is 3.65. The van der Waals surface area contributed by atoms with Crippen molar-refractivity contribution in [2.45, 2.75) is 32.9 Å². The molecular weight excluding hydrogens is 272 g/mol. The number of thiazole rings is 1. The van der Waals surface area contributed by atoms with Gasteiger partial charge in [-0.3, -0.25) is 4.79 Å². The molecule has 0 aliphatic carbocycles. The maximum Gasteiger partial charge on any atom is 0.251 e. The van der Waals surface area contributed by atoms with Gasteiger partial charge in [0.2, 0.25) is 0 Å². The van der Waals surface area contributed by atoms with Crippen molar-refractivity contribution in [3.63, 3.8) is 0 Å². The molecule has 1 aromatic heterocycles. The number of aliphatic hydroxyl groups is 1. The summed E-state index contributed by atoms with van der Waals surface area (Å²) in [6.07, 6.45) is 0. The van der Waals surface area contributed by atoms with E-state index in [-0.39, 0.29) is 12.5 Å². The Morgan fingerprint density at radius 3 is 2.90 bits per heavy atom. The van der Waals surface area contributed by atoms with E-state index in [4.69, 9.17) is 5.11 Å². The molecule has 0 atom stereocenters. The predicted octanol–water partition coefficient (Wildman–Crippen LogP) is 2.69. The normalized spacial score (nSPS) is 10.8. The number of benzene rings is 1. The topological polar surface area (TPSA) is 62.2 Å². The van der Waals surface area contributed by atoms with Crippen LogP contribution in [0.2, 0.25) is 0 Å². The number of aliphatic hydroxyl groups excluding tert-OH is 1. The lowest BCUT2D eigenvalue weighted by atomic mass is 10.1. The Hall–Kier alpha value is -1.72. The number of carbonyl (C=O) groups is 1. The molecule has 2 N–H and O–H groups in total. The number of hydrogen-bond acceptors (Lipinski definition) is 4. The van der Waals surface area contributed by atoms with Gasteiger partial charge in [-0.2, -0.15) is 0 Å². The summed E-state index contributed by atoms with van der Waals surface area (Å²) >= 11 is 1.56. The first kappa shape index (κ1) is 14.7. The number of amides is 1. The molecule has 20 heavy (non-hydrogen) atoms. The summed E-state index contributed by atoms with van der Waals surface area (Å²) in [5.41, 5.74) is 2.34. The van der Waals surface area contributed by atoms with Crippen molar-refractivity contribution in [2.75, 3.05) is 0 Å². The van der Waals surface area contributed by atoms with Crippen LogP contribution in [0.5, 0.6) is 0 Å². The Labute approximate surface area is 122 Å². The number of carbonyl (C=O) groups excluding carboxylic acids is 1. The minimum atomic E-state index is -0.151. The SMILES string of the molecule is CC(C)c1csc(CNC(=O)c2cccc(CO)c2)n1. The van der Waals surface area contributed by atoms with Crippen LogP contribution < -0.4 is 5.32 Å². The first-order chi connectivity index (χ1) is 9.60. The Kier molecular flexibility index (Phi) is 4.87. The number of hydrogen-bond donors (Lipinski definition) is 2. The molecular formula is C15H18N2O2S. The quantitative estimate of drug-likeness (QED) is 0.890. The number of nitrogens with zero attached hydrogens (tertiary/aromatic N) is 1. The van der Waals surface area contributed by atoms with E-state index in [0.29, 0.717) is 18.0 Å². The van der Waals surface area contributed by atoms with Crippen LogP contribution in [0.1, 0.15) is 46.4 Å².